The Labute approximate surface area is 196 Å². The molecule has 1 fully saturated rings. The second kappa shape index (κ2) is 8.95. The summed E-state index contributed by atoms with van der Waals surface area (Å²) in [6.45, 7) is 3.56. The van der Waals surface area contributed by atoms with E-state index in [4.69, 9.17) is 4.18 Å². The van der Waals surface area contributed by atoms with Gasteiger partial charge in [-0.3, -0.25) is 14.9 Å². The van der Waals surface area contributed by atoms with Crippen molar-refractivity contribution >= 4 is 39.7 Å². The van der Waals surface area contributed by atoms with Crippen molar-refractivity contribution in [2.24, 2.45) is 0 Å². The third-order valence-electron chi connectivity index (χ3n) is 5.19. The zero-order valence-corrected chi connectivity index (χ0v) is 19.1. The Kier molecular flexibility index (Phi) is 6.04. The van der Waals surface area contributed by atoms with Crippen LogP contribution in [0.25, 0.3) is 6.08 Å². The minimum atomic E-state index is -4.17. The van der Waals surface area contributed by atoms with Crippen molar-refractivity contribution in [1.29, 1.82) is 0 Å². The summed E-state index contributed by atoms with van der Waals surface area (Å²) in [5.41, 5.74) is 1.71. The van der Waals surface area contributed by atoms with E-state index in [-0.39, 0.29) is 21.8 Å². The fourth-order valence-corrected chi connectivity index (χ4v) is 4.35. The predicted octanol–water partition coefficient (Wildman–Crippen LogP) is 3.74. The highest BCUT2D eigenvalue weighted by atomic mass is 32.2. The molecule has 0 radical (unpaired) electrons. The van der Waals surface area contributed by atoms with E-state index in [1.54, 1.807) is 55.5 Å². The van der Waals surface area contributed by atoms with Crippen molar-refractivity contribution in [1.82, 2.24) is 5.32 Å². The molecule has 9 heteroatoms. The molecule has 4 amide bonds. The van der Waals surface area contributed by atoms with Crippen LogP contribution < -0.4 is 14.4 Å². The number of imide groups is 2. The molecule has 0 saturated carbocycles. The first kappa shape index (κ1) is 22.9. The second-order valence-electron chi connectivity index (χ2n) is 7.63. The van der Waals surface area contributed by atoms with Crippen LogP contribution in [0.2, 0.25) is 0 Å². The van der Waals surface area contributed by atoms with Crippen LogP contribution in [-0.4, -0.2) is 26.3 Å². The lowest BCUT2D eigenvalue weighted by Crippen LogP contribution is -2.54. The van der Waals surface area contributed by atoms with Gasteiger partial charge in [-0.05, 0) is 49.8 Å². The highest BCUT2D eigenvalue weighted by molar-refractivity contribution is 7.87. The third kappa shape index (κ3) is 4.46. The molecule has 0 unspecified atom stereocenters. The molecule has 0 bridgehead atoms. The van der Waals surface area contributed by atoms with Crippen molar-refractivity contribution < 1.29 is 27.0 Å². The van der Waals surface area contributed by atoms with Crippen molar-refractivity contribution in [2.45, 2.75) is 18.7 Å². The van der Waals surface area contributed by atoms with Crippen molar-refractivity contribution in [2.75, 3.05) is 4.90 Å². The van der Waals surface area contributed by atoms with E-state index in [9.17, 15) is 22.8 Å². The molecule has 4 rings (SSSR count). The van der Waals surface area contributed by atoms with Gasteiger partial charge in [-0.2, -0.15) is 8.42 Å². The monoisotopic (exact) mass is 476 g/mol. The van der Waals surface area contributed by atoms with Crippen LogP contribution in [0, 0.1) is 13.8 Å². The Morgan fingerprint density at radius 3 is 2.21 bits per heavy atom. The first-order chi connectivity index (χ1) is 16.2. The number of barbiturate groups is 1. The zero-order chi connectivity index (χ0) is 24.5. The molecule has 1 aliphatic heterocycles. The molecule has 0 atom stereocenters. The summed E-state index contributed by atoms with van der Waals surface area (Å²) in [6, 6.07) is 18.1. The van der Waals surface area contributed by atoms with Crippen LogP contribution in [-0.2, 0) is 19.7 Å². The van der Waals surface area contributed by atoms with E-state index in [2.05, 4.69) is 5.32 Å². The largest absolute Gasteiger partial charge is 0.378 e. The lowest BCUT2D eigenvalue weighted by Gasteiger charge is -2.27. The van der Waals surface area contributed by atoms with Crippen molar-refractivity contribution in [3.05, 3.63) is 95.1 Å². The van der Waals surface area contributed by atoms with E-state index in [0.717, 1.165) is 10.5 Å². The third-order valence-corrected chi connectivity index (χ3v) is 6.43. The lowest BCUT2D eigenvalue weighted by molar-refractivity contribution is -0.122. The number of benzene rings is 3. The molecule has 0 aromatic heterocycles. The van der Waals surface area contributed by atoms with Crippen molar-refractivity contribution in [3.8, 4) is 5.75 Å². The highest BCUT2D eigenvalue weighted by Crippen LogP contribution is 2.28. The maximum Gasteiger partial charge on any atom is 0.339 e. The standard InChI is InChI=1S/C25H20N2O6S/c1-16-11-13-19(14-12-16)34(31,32)33-22-10-6-4-8-18(22)15-20-23(28)26-25(30)27(24(20)29)21-9-5-3-7-17(21)2/h3-15H,1-2H3,(H,26,28,30)/b20-15+. The number of nitrogens with zero attached hydrogens (tertiary/aromatic N) is 1. The minimum Gasteiger partial charge on any atom is -0.378 e. The smallest absolute Gasteiger partial charge is 0.339 e. The van der Waals surface area contributed by atoms with Gasteiger partial charge < -0.3 is 4.18 Å². The van der Waals surface area contributed by atoms with E-state index in [0.29, 0.717) is 11.3 Å². The number of aryl methyl sites for hydroxylation is 2. The van der Waals surface area contributed by atoms with E-state index >= 15 is 0 Å². The molecule has 172 valence electrons. The summed E-state index contributed by atoms with van der Waals surface area (Å²) < 4.78 is 30.8. The summed E-state index contributed by atoms with van der Waals surface area (Å²) in [6.07, 6.45) is 1.20. The highest BCUT2D eigenvalue weighted by Gasteiger charge is 2.37. The number of rotatable bonds is 5. The van der Waals surface area contributed by atoms with Crippen LogP contribution in [0.1, 0.15) is 16.7 Å². The quantitative estimate of drug-likeness (QED) is 0.341. The summed E-state index contributed by atoms with van der Waals surface area (Å²) in [5.74, 6) is -1.80. The van der Waals surface area contributed by atoms with Gasteiger partial charge in [0.05, 0.1) is 5.69 Å². The van der Waals surface area contributed by atoms with Crippen LogP contribution in [0.3, 0.4) is 0 Å². The first-order valence-electron chi connectivity index (χ1n) is 10.2. The van der Waals surface area contributed by atoms with Gasteiger partial charge >= 0.3 is 16.1 Å². The molecule has 34 heavy (non-hydrogen) atoms. The maximum absolute atomic E-state index is 13.2. The molecule has 3 aromatic rings. The number of carbonyl (C=O) groups is 3. The Balaban J connectivity index is 1.72. The molecule has 1 aliphatic rings. The van der Waals surface area contributed by atoms with Gasteiger partial charge in [0.15, 0.2) is 0 Å². The Hall–Kier alpha value is -4.24. The van der Waals surface area contributed by atoms with E-state index in [1.165, 1.54) is 30.3 Å². The molecule has 0 aliphatic carbocycles. The summed E-state index contributed by atoms with van der Waals surface area (Å²) in [4.78, 5) is 39.0. The molecular formula is C25H20N2O6S. The molecule has 0 spiro atoms. The molecular weight excluding hydrogens is 456 g/mol. The number of para-hydroxylation sites is 2. The van der Waals surface area contributed by atoms with Gasteiger partial charge in [0.2, 0.25) is 0 Å². The second-order valence-corrected chi connectivity index (χ2v) is 9.18. The summed E-state index contributed by atoms with van der Waals surface area (Å²) in [7, 11) is -4.17. The van der Waals surface area contributed by atoms with Gasteiger partial charge in [-0.25, -0.2) is 9.69 Å². The number of urea groups is 1. The normalized spacial score (nSPS) is 15.4. The van der Waals surface area contributed by atoms with Crippen LogP contribution in [0.15, 0.2) is 83.3 Å². The molecule has 1 saturated heterocycles. The topological polar surface area (TPSA) is 110 Å². The minimum absolute atomic E-state index is 0.0385. The molecule has 1 heterocycles. The van der Waals surface area contributed by atoms with Gasteiger partial charge in [-0.15, -0.1) is 0 Å². The van der Waals surface area contributed by atoms with Gasteiger partial charge in [0.1, 0.15) is 16.2 Å². The van der Waals surface area contributed by atoms with Gasteiger partial charge in [0, 0.05) is 5.56 Å². The Morgan fingerprint density at radius 1 is 0.853 bits per heavy atom. The number of hydrogen-bond acceptors (Lipinski definition) is 6. The number of anilines is 1. The fraction of sp³-hybridized carbons (Fsp3) is 0.0800. The maximum atomic E-state index is 13.2. The van der Waals surface area contributed by atoms with Crippen LogP contribution in [0.4, 0.5) is 10.5 Å². The zero-order valence-electron chi connectivity index (χ0n) is 18.3. The summed E-state index contributed by atoms with van der Waals surface area (Å²) in [5, 5.41) is 2.15. The van der Waals surface area contributed by atoms with Crippen LogP contribution in [0.5, 0.6) is 5.75 Å². The SMILES string of the molecule is Cc1ccc(S(=O)(=O)Oc2ccccc2/C=C2\C(=O)NC(=O)N(c3ccccc3C)C2=O)cc1. The fourth-order valence-electron chi connectivity index (χ4n) is 3.39. The number of carbonyl (C=O) groups excluding carboxylic acids is 3. The summed E-state index contributed by atoms with van der Waals surface area (Å²) >= 11 is 0. The molecule has 8 nitrogen and oxygen atoms in total. The Bertz CT molecular complexity index is 1440. The average molecular weight is 477 g/mol. The number of amides is 4. The van der Waals surface area contributed by atoms with Crippen LogP contribution >= 0.6 is 0 Å². The van der Waals surface area contributed by atoms with E-state index in [1.807, 2.05) is 6.92 Å². The predicted molar refractivity (Wildman–Crippen MR) is 126 cm³/mol. The van der Waals surface area contributed by atoms with Gasteiger partial charge in [-0.1, -0.05) is 54.1 Å². The van der Waals surface area contributed by atoms with Crippen molar-refractivity contribution in [3.63, 3.8) is 0 Å². The lowest BCUT2D eigenvalue weighted by atomic mass is 10.1. The molecule has 3 aromatic carbocycles. The number of hydrogen-bond donors (Lipinski definition) is 1. The van der Waals surface area contributed by atoms with Gasteiger partial charge in [0.25, 0.3) is 11.8 Å². The average Bonchev–Trinajstić information content (AvgIpc) is 2.79. The van der Waals surface area contributed by atoms with E-state index < -0.39 is 28.0 Å². The number of nitrogens with one attached hydrogen (secondary N) is 1. The first-order valence-corrected chi connectivity index (χ1v) is 11.7. The Morgan fingerprint density at radius 2 is 1.50 bits per heavy atom. The molecule has 1 N–H and O–H groups in total.